The van der Waals surface area contributed by atoms with Gasteiger partial charge in [0.15, 0.2) is 0 Å². The molecule has 0 N–H and O–H groups in total. The van der Waals surface area contributed by atoms with Crippen LogP contribution in [-0.2, 0) is 0 Å². The summed E-state index contributed by atoms with van der Waals surface area (Å²) in [6, 6.07) is 8.16. The lowest BCUT2D eigenvalue weighted by Gasteiger charge is -2.39. The summed E-state index contributed by atoms with van der Waals surface area (Å²) in [6.45, 7) is 4.28. The molecule has 1 amide bonds. The Morgan fingerprint density at radius 2 is 1.71 bits per heavy atom. The van der Waals surface area contributed by atoms with Gasteiger partial charge in [-0.1, -0.05) is 0 Å². The number of nitrogens with zero attached hydrogens (tertiary/aromatic N) is 1. The maximum absolute atomic E-state index is 12.4. The fourth-order valence-electron chi connectivity index (χ4n) is 2.57. The van der Waals surface area contributed by atoms with Crippen LogP contribution >= 0.6 is 12.6 Å². The molecule has 3 heteroatoms. The number of rotatable bonds is 1. The van der Waals surface area contributed by atoms with E-state index in [0.29, 0.717) is 12.1 Å². The minimum absolute atomic E-state index is 0.151. The van der Waals surface area contributed by atoms with Gasteiger partial charge in [-0.15, -0.1) is 12.6 Å². The molecule has 17 heavy (non-hydrogen) atoms. The summed E-state index contributed by atoms with van der Waals surface area (Å²) >= 11 is 4.24. The lowest BCUT2D eigenvalue weighted by molar-refractivity contribution is 0.0510. The topological polar surface area (TPSA) is 20.3 Å². The Hall–Kier alpha value is -0.960. The summed E-state index contributed by atoms with van der Waals surface area (Å²) < 4.78 is 0. The van der Waals surface area contributed by atoms with Gasteiger partial charge < -0.3 is 4.90 Å². The van der Waals surface area contributed by atoms with Crippen molar-refractivity contribution < 1.29 is 4.79 Å². The van der Waals surface area contributed by atoms with Crippen LogP contribution in [-0.4, -0.2) is 22.9 Å². The Morgan fingerprint density at radius 3 is 2.24 bits per heavy atom. The zero-order valence-corrected chi connectivity index (χ0v) is 11.3. The molecule has 0 bridgehead atoms. The van der Waals surface area contributed by atoms with Crippen LogP contribution in [0.3, 0.4) is 0 Å². The number of benzene rings is 1. The average Bonchev–Trinajstić information content (AvgIpc) is 2.29. The van der Waals surface area contributed by atoms with E-state index in [9.17, 15) is 4.79 Å². The smallest absolute Gasteiger partial charge is 0.254 e. The Morgan fingerprint density at radius 1 is 1.18 bits per heavy atom. The molecule has 0 aliphatic carbocycles. The van der Waals surface area contributed by atoms with Gasteiger partial charge in [0.2, 0.25) is 0 Å². The van der Waals surface area contributed by atoms with E-state index in [0.717, 1.165) is 23.3 Å². The largest absolute Gasteiger partial charge is 0.333 e. The van der Waals surface area contributed by atoms with Crippen LogP contribution in [0.1, 0.15) is 43.5 Å². The molecule has 2 nitrogen and oxygen atoms in total. The Labute approximate surface area is 108 Å². The summed E-state index contributed by atoms with van der Waals surface area (Å²) in [5.74, 6) is 0.151. The van der Waals surface area contributed by atoms with Gasteiger partial charge in [-0.05, 0) is 57.4 Å². The molecule has 1 heterocycles. The van der Waals surface area contributed by atoms with Crippen molar-refractivity contribution in [2.24, 2.45) is 0 Å². The van der Waals surface area contributed by atoms with Crippen LogP contribution in [0.2, 0.25) is 0 Å². The van der Waals surface area contributed by atoms with E-state index in [1.54, 1.807) is 0 Å². The van der Waals surface area contributed by atoms with Gasteiger partial charge in [0.05, 0.1) is 0 Å². The zero-order valence-electron chi connectivity index (χ0n) is 10.4. The first-order valence-corrected chi connectivity index (χ1v) is 6.66. The SMILES string of the molecule is CC1CCCC(C)N1C(=O)c1ccc(S)cc1. The van der Waals surface area contributed by atoms with Crippen molar-refractivity contribution in [3.05, 3.63) is 29.8 Å². The second-order valence-corrected chi connectivity index (χ2v) is 5.40. The second kappa shape index (κ2) is 5.13. The number of thiol groups is 1. The van der Waals surface area contributed by atoms with Crippen molar-refractivity contribution >= 4 is 18.5 Å². The lowest BCUT2D eigenvalue weighted by atomic mass is 9.96. The highest BCUT2D eigenvalue weighted by Crippen LogP contribution is 2.24. The fourth-order valence-corrected chi connectivity index (χ4v) is 2.72. The summed E-state index contributed by atoms with van der Waals surface area (Å²) in [7, 11) is 0. The highest BCUT2D eigenvalue weighted by atomic mass is 32.1. The van der Waals surface area contributed by atoms with E-state index < -0.39 is 0 Å². The van der Waals surface area contributed by atoms with E-state index >= 15 is 0 Å². The molecule has 92 valence electrons. The molecule has 1 aromatic carbocycles. The first kappa shape index (κ1) is 12.5. The van der Waals surface area contributed by atoms with Crippen LogP contribution in [0.15, 0.2) is 29.2 Å². The van der Waals surface area contributed by atoms with Crippen LogP contribution < -0.4 is 0 Å². The summed E-state index contributed by atoms with van der Waals surface area (Å²) in [6.07, 6.45) is 3.45. The third kappa shape index (κ3) is 2.65. The number of carbonyl (C=O) groups is 1. The number of hydrogen-bond donors (Lipinski definition) is 1. The maximum atomic E-state index is 12.4. The first-order chi connectivity index (χ1) is 8.09. The normalized spacial score (nSPS) is 24.8. The van der Waals surface area contributed by atoms with Crippen molar-refractivity contribution in [1.29, 1.82) is 0 Å². The lowest BCUT2D eigenvalue weighted by Crippen LogP contribution is -2.47. The zero-order chi connectivity index (χ0) is 12.4. The molecule has 0 saturated carbocycles. The van der Waals surface area contributed by atoms with Gasteiger partial charge in [0, 0.05) is 22.5 Å². The van der Waals surface area contributed by atoms with E-state index in [-0.39, 0.29) is 5.91 Å². The number of amides is 1. The molecule has 1 aliphatic heterocycles. The first-order valence-electron chi connectivity index (χ1n) is 6.21. The molecular weight excluding hydrogens is 230 g/mol. The predicted octanol–water partition coefficient (Wildman–Crippen LogP) is 3.38. The van der Waals surface area contributed by atoms with Gasteiger partial charge >= 0.3 is 0 Å². The van der Waals surface area contributed by atoms with E-state index in [2.05, 4.69) is 26.5 Å². The predicted molar refractivity (Wildman–Crippen MR) is 72.6 cm³/mol. The Bertz CT molecular complexity index is 391. The maximum Gasteiger partial charge on any atom is 0.254 e. The Balaban J connectivity index is 2.20. The molecule has 1 aromatic rings. The quantitative estimate of drug-likeness (QED) is 0.757. The third-order valence-electron chi connectivity index (χ3n) is 3.54. The molecule has 1 aliphatic rings. The second-order valence-electron chi connectivity index (χ2n) is 4.89. The van der Waals surface area contributed by atoms with E-state index in [1.165, 1.54) is 6.42 Å². The summed E-state index contributed by atoms with van der Waals surface area (Å²) in [5, 5.41) is 0. The minimum Gasteiger partial charge on any atom is -0.333 e. The van der Waals surface area contributed by atoms with Crippen molar-refractivity contribution in [3.63, 3.8) is 0 Å². The van der Waals surface area contributed by atoms with Crippen molar-refractivity contribution in [3.8, 4) is 0 Å². The van der Waals surface area contributed by atoms with Crippen molar-refractivity contribution in [2.75, 3.05) is 0 Å². The molecule has 1 fully saturated rings. The number of carbonyl (C=O) groups excluding carboxylic acids is 1. The van der Waals surface area contributed by atoms with Crippen LogP contribution in [0, 0.1) is 0 Å². The fraction of sp³-hybridized carbons (Fsp3) is 0.500. The van der Waals surface area contributed by atoms with Crippen LogP contribution in [0.5, 0.6) is 0 Å². The summed E-state index contributed by atoms with van der Waals surface area (Å²) in [5.41, 5.74) is 0.767. The molecule has 2 rings (SSSR count). The van der Waals surface area contributed by atoms with E-state index in [1.807, 2.05) is 29.2 Å². The monoisotopic (exact) mass is 249 g/mol. The highest BCUT2D eigenvalue weighted by molar-refractivity contribution is 7.80. The third-order valence-corrected chi connectivity index (χ3v) is 3.84. The Kier molecular flexibility index (Phi) is 3.77. The van der Waals surface area contributed by atoms with Gasteiger partial charge in [0.25, 0.3) is 5.91 Å². The van der Waals surface area contributed by atoms with Crippen LogP contribution in [0.4, 0.5) is 0 Å². The van der Waals surface area contributed by atoms with Gasteiger partial charge in [-0.25, -0.2) is 0 Å². The van der Waals surface area contributed by atoms with Crippen molar-refractivity contribution in [1.82, 2.24) is 4.90 Å². The van der Waals surface area contributed by atoms with Crippen LogP contribution in [0.25, 0.3) is 0 Å². The highest BCUT2D eigenvalue weighted by Gasteiger charge is 2.29. The number of hydrogen-bond acceptors (Lipinski definition) is 2. The molecule has 1 saturated heterocycles. The van der Waals surface area contributed by atoms with E-state index in [4.69, 9.17) is 0 Å². The molecule has 0 aromatic heterocycles. The summed E-state index contributed by atoms with van der Waals surface area (Å²) in [4.78, 5) is 15.3. The standard InChI is InChI=1S/C14H19NOS/c1-10-4-3-5-11(2)15(10)14(16)12-6-8-13(17)9-7-12/h6-11,17H,3-5H2,1-2H3. The number of likely N-dealkylation sites (tertiary alicyclic amines) is 1. The van der Waals surface area contributed by atoms with Gasteiger partial charge in [-0.3, -0.25) is 4.79 Å². The molecule has 2 atom stereocenters. The average molecular weight is 249 g/mol. The molecular formula is C14H19NOS. The molecule has 2 unspecified atom stereocenters. The molecule has 0 spiro atoms. The number of piperidine rings is 1. The molecule has 0 radical (unpaired) electrons. The van der Waals surface area contributed by atoms with Crippen molar-refractivity contribution in [2.45, 2.75) is 50.1 Å². The van der Waals surface area contributed by atoms with Gasteiger partial charge in [-0.2, -0.15) is 0 Å². The van der Waals surface area contributed by atoms with Gasteiger partial charge in [0.1, 0.15) is 0 Å². The minimum atomic E-state index is 0.151.